The highest BCUT2D eigenvalue weighted by molar-refractivity contribution is 7.13. The highest BCUT2D eigenvalue weighted by Crippen LogP contribution is 2.21. The van der Waals surface area contributed by atoms with Crippen molar-refractivity contribution in [3.63, 3.8) is 0 Å². The van der Waals surface area contributed by atoms with Crippen LogP contribution in [0.4, 0.5) is 5.13 Å². The minimum Gasteiger partial charge on any atom is -0.336 e. The molecule has 1 aromatic carbocycles. The molecule has 1 aliphatic heterocycles. The number of piperazine rings is 1. The predicted octanol–water partition coefficient (Wildman–Crippen LogP) is 2.02. The summed E-state index contributed by atoms with van der Waals surface area (Å²) in [6.07, 6.45) is 0.205. The number of carbonyl (C=O) groups excluding carboxylic acids is 3. The first kappa shape index (κ1) is 19.9. The summed E-state index contributed by atoms with van der Waals surface area (Å²) >= 11 is 1.23. The fraction of sp³-hybridized carbons (Fsp3) is 0.421. The second-order valence-electron chi connectivity index (χ2n) is 6.72. The summed E-state index contributed by atoms with van der Waals surface area (Å²) in [5.74, 6) is -0.370. The van der Waals surface area contributed by atoms with Gasteiger partial charge in [-0.1, -0.05) is 29.5 Å². The van der Waals surface area contributed by atoms with Crippen molar-refractivity contribution >= 4 is 34.2 Å². The Hall–Kier alpha value is -2.81. The second-order valence-corrected chi connectivity index (χ2v) is 7.56. The minimum atomic E-state index is -0.260. The van der Waals surface area contributed by atoms with Crippen LogP contribution >= 0.6 is 11.3 Å². The molecular weight excluding hydrogens is 378 g/mol. The summed E-state index contributed by atoms with van der Waals surface area (Å²) < 4.78 is 0. The van der Waals surface area contributed by atoms with E-state index in [9.17, 15) is 14.4 Å². The molecule has 0 unspecified atom stereocenters. The maximum atomic E-state index is 12.8. The van der Waals surface area contributed by atoms with Crippen molar-refractivity contribution in [2.45, 2.75) is 38.8 Å². The van der Waals surface area contributed by atoms with Crippen LogP contribution in [0.15, 0.2) is 35.8 Å². The molecule has 2 aromatic rings. The van der Waals surface area contributed by atoms with Gasteiger partial charge in [0, 0.05) is 43.6 Å². The zero-order valence-corrected chi connectivity index (χ0v) is 16.7. The van der Waals surface area contributed by atoms with E-state index in [4.69, 9.17) is 0 Å². The Labute approximate surface area is 167 Å². The normalized spacial score (nSPS) is 19.4. The van der Waals surface area contributed by atoms with Gasteiger partial charge in [0.2, 0.25) is 16.9 Å². The quantitative estimate of drug-likeness (QED) is 0.827. The summed E-state index contributed by atoms with van der Waals surface area (Å²) in [4.78, 5) is 40.9. The van der Waals surface area contributed by atoms with E-state index in [0.717, 1.165) is 0 Å². The van der Waals surface area contributed by atoms with Gasteiger partial charge in [-0.3, -0.25) is 14.4 Å². The highest BCUT2D eigenvalue weighted by atomic mass is 32.1. The van der Waals surface area contributed by atoms with Crippen LogP contribution in [0.5, 0.6) is 0 Å². The van der Waals surface area contributed by atoms with Gasteiger partial charge < -0.3 is 15.1 Å². The molecule has 0 saturated carbocycles. The number of hydrogen-bond donors (Lipinski definition) is 1. The number of benzene rings is 1. The molecule has 0 bridgehead atoms. The standard InChI is InChI=1S/C19H23N5O3S/c1-13-14(2)24(18(27)15-6-4-3-5-7-15)11-10-23(13)17(26)9-8-16(25)21-19-22-20-12-28-19/h3-7,12-14H,8-11H2,1-2H3,(H,21,22,25)/t13-,14-/m1/s1. The molecule has 2 atom stereocenters. The molecule has 1 aromatic heterocycles. The van der Waals surface area contributed by atoms with Gasteiger partial charge in [-0.05, 0) is 26.0 Å². The maximum absolute atomic E-state index is 12.8. The largest absolute Gasteiger partial charge is 0.336 e. The molecular formula is C19H23N5O3S. The van der Waals surface area contributed by atoms with Crippen molar-refractivity contribution in [2.75, 3.05) is 18.4 Å². The van der Waals surface area contributed by atoms with E-state index >= 15 is 0 Å². The van der Waals surface area contributed by atoms with Crippen LogP contribution in [0, 0.1) is 0 Å². The molecule has 1 N–H and O–H groups in total. The van der Waals surface area contributed by atoms with E-state index in [1.165, 1.54) is 16.8 Å². The predicted molar refractivity (Wildman–Crippen MR) is 106 cm³/mol. The molecule has 2 heterocycles. The van der Waals surface area contributed by atoms with Crippen molar-refractivity contribution in [1.29, 1.82) is 0 Å². The van der Waals surface area contributed by atoms with Gasteiger partial charge in [-0.15, -0.1) is 10.2 Å². The Morgan fingerprint density at radius 2 is 1.75 bits per heavy atom. The molecule has 1 saturated heterocycles. The number of anilines is 1. The van der Waals surface area contributed by atoms with Crippen molar-refractivity contribution in [1.82, 2.24) is 20.0 Å². The molecule has 0 spiro atoms. The average molecular weight is 401 g/mol. The monoisotopic (exact) mass is 401 g/mol. The SMILES string of the molecule is C[C@@H]1[C@@H](C)N(C(=O)c2ccccc2)CCN1C(=O)CCC(=O)Nc1nncs1. The van der Waals surface area contributed by atoms with Crippen molar-refractivity contribution in [3.05, 3.63) is 41.4 Å². The van der Waals surface area contributed by atoms with Crippen molar-refractivity contribution < 1.29 is 14.4 Å². The molecule has 148 valence electrons. The minimum absolute atomic E-state index is 0.0246. The lowest BCUT2D eigenvalue weighted by molar-refractivity contribution is -0.138. The van der Waals surface area contributed by atoms with Gasteiger partial charge in [0.15, 0.2) is 0 Å². The van der Waals surface area contributed by atoms with Crippen LogP contribution < -0.4 is 5.32 Å². The second kappa shape index (κ2) is 8.92. The van der Waals surface area contributed by atoms with E-state index in [2.05, 4.69) is 15.5 Å². The van der Waals surface area contributed by atoms with Gasteiger partial charge in [-0.25, -0.2) is 0 Å². The number of nitrogens with zero attached hydrogens (tertiary/aromatic N) is 4. The van der Waals surface area contributed by atoms with Crippen LogP contribution in [0.25, 0.3) is 0 Å². The first-order valence-corrected chi connectivity index (χ1v) is 10.1. The van der Waals surface area contributed by atoms with E-state index < -0.39 is 0 Å². The lowest BCUT2D eigenvalue weighted by atomic mass is 10.0. The first-order valence-electron chi connectivity index (χ1n) is 9.19. The molecule has 3 rings (SSSR count). The average Bonchev–Trinajstić information content (AvgIpc) is 3.21. The van der Waals surface area contributed by atoms with Gasteiger partial charge in [0.05, 0.1) is 0 Å². The Bertz CT molecular complexity index is 827. The van der Waals surface area contributed by atoms with Crippen LogP contribution in [0.2, 0.25) is 0 Å². The summed E-state index contributed by atoms with van der Waals surface area (Å²) in [6, 6.07) is 8.92. The molecule has 0 aliphatic carbocycles. The van der Waals surface area contributed by atoms with E-state index in [0.29, 0.717) is 23.8 Å². The first-order chi connectivity index (χ1) is 13.5. The Balaban J connectivity index is 1.54. The van der Waals surface area contributed by atoms with Crippen LogP contribution in [-0.2, 0) is 9.59 Å². The van der Waals surface area contributed by atoms with E-state index in [1.54, 1.807) is 17.0 Å². The number of carbonyl (C=O) groups is 3. The summed E-state index contributed by atoms with van der Waals surface area (Å²) in [7, 11) is 0. The molecule has 1 fully saturated rings. The number of rotatable bonds is 5. The van der Waals surface area contributed by atoms with Gasteiger partial charge in [0.25, 0.3) is 5.91 Å². The fourth-order valence-corrected chi connectivity index (χ4v) is 3.76. The number of nitrogens with one attached hydrogen (secondary N) is 1. The fourth-order valence-electron chi connectivity index (χ4n) is 3.30. The summed E-state index contributed by atoms with van der Waals surface area (Å²) in [6.45, 7) is 4.82. The Kier molecular flexibility index (Phi) is 6.35. The zero-order valence-electron chi connectivity index (χ0n) is 15.9. The van der Waals surface area contributed by atoms with Gasteiger partial charge >= 0.3 is 0 Å². The Morgan fingerprint density at radius 3 is 2.43 bits per heavy atom. The third-order valence-electron chi connectivity index (χ3n) is 5.04. The lowest BCUT2D eigenvalue weighted by Crippen LogP contribution is -2.60. The molecule has 9 heteroatoms. The van der Waals surface area contributed by atoms with E-state index in [-0.39, 0.29) is 42.6 Å². The topological polar surface area (TPSA) is 95.5 Å². The third-order valence-corrected chi connectivity index (χ3v) is 5.64. The molecule has 3 amide bonds. The maximum Gasteiger partial charge on any atom is 0.254 e. The van der Waals surface area contributed by atoms with Crippen LogP contribution in [-0.4, -0.2) is 62.9 Å². The zero-order chi connectivity index (χ0) is 20.1. The number of hydrogen-bond acceptors (Lipinski definition) is 6. The summed E-state index contributed by atoms with van der Waals surface area (Å²) in [5.41, 5.74) is 2.18. The third kappa shape index (κ3) is 4.53. The molecule has 8 nitrogen and oxygen atoms in total. The lowest BCUT2D eigenvalue weighted by Gasteiger charge is -2.45. The molecule has 28 heavy (non-hydrogen) atoms. The number of aromatic nitrogens is 2. The summed E-state index contributed by atoms with van der Waals surface area (Å²) in [5, 5.41) is 10.4. The molecule has 0 radical (unpaired) electrons. The van der Waals surface area contributed by atoms with Crippen LogP contribution in [0.3, 0.4) is 0 Å². The Morgan fingerprint density at radius 1 is 1.07 bits per heavy atom. The van der Waals surface area contributed by atoms with Crippen molar-refractivity contribution in [2.24, 2.45) is 0 Å². The number of amides is 3. The smallest absolute Gasteiger partial charge is 0.254 e. The van der Waals surface area contributed by atoms with Crippen molar-refractivity contribution in [3.8, 4) is 0 Å². The van der Waals surface area contributed by atoms with Gasteiger partial charge in [-0.2, -0.15) is 0 Å². The van der Waals surface area contributed by atoms with Crippen LogP contribution in [0.1, 0.15) is 37.0 Å². The highest BCUT2D eigenvalue weighted by Gasteiger charge is 2.35. The van der Waals surface area contributed by atoms with Gasteiger partial charge in [0.1, 0.15) is 5.51 Å². The molecule has 1 aliphatic rings. The van der Waals surface area contributed by atoms with E-state index in [1.807, 2.05) is 36.9 Å².